The van der Waals surface area contributed by atoms with Crippen LogP contribution in [0.4, 0.5) is 0 Å². The highest BCUT2D eigenvalue weighted by Crippen LogP contribution is 2.42. The Morgan fingerprint density at radius 2 is 0.632 bits per heavy atom. The molecule has 2 aromatic heterocycles. The summed E-state index contributed by atoms with van der Waals surface area (Å²) < 4.78 is 9.07. The van der Waals surface area contributed by atoms with Crippen molar-refractivity contribution in [1.29, 1.82) is 0 Å². The minimum Gasteiger partial charge on any atom is -0.455 e. The molecule has 0 aliphatic heterocycles. The van der Waals surface area contributed by atoms with Gasteiger partial charge >= 0.3 is 0 Å². The molecule has 13 rings (SSSR count). The molecule has 0 saturated carbocycles. The SMILES string of the molecule is c1ccc(-c2ccc(-c3cc(-c4ccc5oc6c(-c7ccccc7)cccc6c5c4)cc(-c4ccc5c(c4)c4cc(-c6ccccc6)ccc4n5-c4cccc(-c5ccccc5)c4)c3)cc2)cc1. The average molecular weight is 866 g/mol. The predicted octanol–water partition coefficient (Wildman–Crippen LogP) is 18.4. The molecule has 11 aromatic carbocycles. The zero-order valence-electron chi connectivity index (χ0n) is 37.2. The van der Waals surface area contributed by atoms with Crippen molar-refractivity contribution in [3.05, 3.63) is 261 Å². The van der Waals surface area contributed by atoms with E-state index in [9.17, 15) is 0 Å². The van der Waals surface area contributed by atoms with Gasteiger partial charge in [-0.1, -0.05) is 194 Å². The summed E-state index contributed by atoms with van der Waals surface area (Å²) in [5.74, 6) is 0. The molecule has 2 heteroatoms. The first-order valence-electron chi connectivity index (χ1n) is 23.3. The quantitative estimate of drug-likeness (QED) is 0.149. The summed E-state index contributed by atoms with van der Waals surface area (Å²) >= 11 is 0. The first-order valence-corrected chi connectivity index (χ1v) is 23.3. The second kappa shape index (κ2) is 16.5. The molecule has 0 spiro atoms. The number of aromatic nitrogens is 1. The van der Waals surface area contributed by atoms with E-state index in [1.54, 1.807) is 0 Å². The van der Waals surface area contributed by atoms with Crippen molar-refractivity contribution >= 4 is 43.7 Å². The van der Waals surface area contributed by atoms with Gasteiger partial charge in [-0.25, -0.2) is 0 Å². The van der Waals surface area contributed by atoms with Crippen LogP contribution >= 0.6 is 0 Å². The van der Waals surface area contributed by atoms with Crippen LogP contribution in [0.25, 0.3) is 127 Å². The van der Waals surface area contributed by atoms with Gasteiger partial charge in [-0.3, -0.25) is 0 Å². The lowest BCUT2D eigenvalue weighted by atomic mass is 9.91. The predicted molar refractivity (Wildman–Crippen MR) is 286 cm³/mol. The third-order valence-electron chi connectivity index (χ3n) is 13.6. The summed E-state index contributed by atoms with van der Waals surface area (Å²) in [6, 6.07) is 94.5. The second-order valence-electron chi connectivity index (χ2n) is 17.7. The maximum absolute atomic E-state index is 6.64. The first kappa shape index (κ1) is 39.4. The van der Waals surface area contributed by atoms with Crippen molar-refractivity contribution in [2.45, 2.75) is 0 Å². The number of para-hydroxylation sites is 1. The van der Waals surface area contributed by atoms with E-state index in [1.165, 1.54) is 60.8 Å². The maximum atomic E-state index is 6.64. The Hall–Kier alpha value is -8.98. The van der Waals surface area contributed by atoms with E-state index in [0.29, 0.717) is 0 Å². The third-order valence-corrected chi connectivity index (χ3v) is 13.6. The fourth-order valence-electron chi connectivity index (χ4n) is 10.2. The van der Waals surface area contributed by atoms with Gasteiger partial charge in [0.15, 0.2) is 0 Å². The van der Waals surface area contributed by atoms with E-state index in [2.05, 4.69) is 265 Å². The van der Waals surface area contributed by atoms with Gasteiger partial charge in [0, 0.05) is 32.8 Å². The zero-order chi connectivity index (χ0) is 45.0. The number of rotatable bonds is 8. The molecule has 0 amide bonds. The molecule has 0 bridgehead atoms. The van der Waals surface area contributed by atoms with Gasteiger partial charge in [0.25, 0.3) is 0 Å². The molecule has 2 heterocycles. The van der Waals surface area contributed by atoms with E-state index in [0.717, 1.165) is 66.6 Å². The lowest BCUT2D eigenvalue weighted by Crippen LogP contribution is -1.94. The summed E-state index contributed by atoms with van der Waals surface area (Å²) in [6.07, 6.45) is 0. The fraction of sp³-hybridized carbons (Fsp3) is 0. The maximum Gasteiger partial charge on any atom is 0.143 e. The highest BCUT2D eigenvalue weighted by atomic mass is 16.3. The van der Waals surface area contributed by atoms with Crippen molar-refractivity contribution in [3.8, 4) is 83.6 Å². The van der Waals surface area contributed by atoms with Gasteiger partial charge in [0.2, 0.25) is 0 Å². The number of fused-ring (bicyclic) bond motifs is 6. The van der Waals surface area contributed by atoms with Gasteiger partial charge in [0.1, 0.15) is 11.2 Å². The standard InChI is InChI=1S/C66H43NO/c1-5-15-44(16-6-1)47-27-29-48(30-28-47)54-37-55(39-56(38-54)53-33-36-65-62(43-53)59-26-14-25-58(66(59)68-65)49-21-11-4-12-22-49)52-32-35-64-61(42-52)60-41-51(46-19-9-3-10-20-46)31-34-63(60)67(64)57-24-13-23-50(40-57)45-17-7-2-8-18-45/h1-43H. The third kappa shape index (κ3) is 6.99. The molecule has 0 N–H and O–H groups in total. The normalized spacial score (nSPS) is 11.5. The molecule has 68 heavy (non-hydrogen) atoms. The Balaban J connectivity index is 0.998. The van der Waals surface area contributed by atoms with Crippen LogP contribution in [0.2, 0.25) is 0 Å². The van der Waals surface area contributed by atoms with Crippen molar-refractivity contribution in [3.63, 3.8) is 0 Å². The van der Waals surface area contributed by atoms with Crippen LogP contribution in [-0.2, 0) is 0 Å². The van der Waals surface area contributed by atoms with E-state index in [1.807, 2.05) is 0 Å². The van der Waals surface area contributed by atoms with Gasteiger partial charge in [-0.05, 0) is 139 Å². The Bertz CT molecular complexity index is 3980. The number of nitrogens with zero attached hydrogens (tertiary/aromatic N) is 1. The number of hydrogen-bond acceptors (Lipinski definition) is 1. The fourth-order valence-corrected chi connectivity index (χ4v) is 10.2. The second-order valence-corrected chi connectivity index (χ2v) is 17.7. The van der Waals surface area contributed by atoms with Gasteiger partial charge < -0.3 is 8.98 Å². The van der Waals surface area contributed by atoms with Gasteiger partial charge in [0.05, 0.1) is 11.0 Å². The van der Waals surface area contributed by atoms with Gasteiger partial charge in [-0.2, -0.15) is 0 Å². The summed E-state index contributed by atoms with van der Waals surface area (Å²) in [4.78, 5) is 0. The van der Waals surface area contributed by atoms with E-state index >= 15 is 0 Å². The lowest BCUT2D eigenvalue weighted by Gasteiger charge is -2.13. The van der Waals surface area contributed by atoms with Crippen molar-refractivity contribution < 1.29 is 4.42 Å². The monoisotopic (exact) mass is 865 g/mol. The van der Waals surface area contributed by atoms with Crippen LogP contribution in [-0.4, -0.2) is 4.57 Å². The van der Waals surface area contributed by atoms with Crippen LogP contribution < -0.4 is 0 Å². The molecule has 0 fully saturated rings. The minimum absolute atomic E-state index is 0.881. The number of benzene rings is 11. The largest absolute Gasteiger partial charge is 0.455 e. The number of hydrogen-bond donors (Lipinski definition) is 0. The number of furan rings is 1. The Kier molecular flexibility index (Phi) is 9.54. The highest BCUT2D eigenvalue weighted by molar-refractivity contribution is 6.13. The summed E-state index contributed by atoms with van der Waals surface area (Å²) in [6.45, 7) is 0. The van der Waals surface area contributed by atoms with Crippen LogP contribution in [0.3, 0.4) is 0 Å². The van der Waals surface area contributed by atoms with Crippen LogP contribution in [0, 0.1) is 0 Å². The molecule has 0 saturated heterocycles. The summed E-state index contributed by atoms with van der Waals surface area (Å²) in [7, 11) is 0. The Morgan fingerprint density at radius 3 is 1.21 bits per heavy atom. The van der Waals surface area contributed by atoms with Gasteiger partial charge in [-0.15, -0.1) is 0 Å². The smallest absolute Gasteiger partial charge is 0.143 e. The van der Waals surface area contributed by atoms with Crippen LogP contribution in [0.1, 0.15) is 0 Å². The molecule has 318 valence electrons. The minimum atomic E-state index is 0.881. The van der Waals surface area contributed by atoms with E-state index in [4.69, 9.17) is 4.42 Å². The molecule has 0 radical (unpaired) electrons. The van der Waals surface area contributed by atoms with Crippen molar-refractivity contribution in [2.75, 3.05) is 0 Å². The van der Waals surface area contributed by atoms with Crippen molar-refractivity contribution in [2.24, 2.45) is 0 Å². The molecule has 13 aromatic rings. The van der Waals surface area contributed by atoms with E-state index < -0.39 is 0 Å². The average Bonchev–Trinajstić information content (AvgIpc) is 3.97. The molecular formula is C66H43NO. The highest BCUT2D eigenvalue weighted by Gasteiger charge is 2.18. The molecular weight excluding hydrogens is 823 g/mol. The van der Waals surface area contributed by atoms with Crippen molar-refractivity contribution in [1.82, 2.24) is 4.57 Å². The molecule has 0 unspecified atom stereocenters. The zero-order valence-corrected chi connectivity index (χ0v) is 37.2. The molecule has 0 atom stereocenters. The molecule has 0 aliphatic carbocycles. The molecule has 0 aliphatic rings. The first-order chi connectivity index (χ1) is 33.7. The summed E-state index contributed by atoms with van der Waals surface area (Å²) in [5.41, 5.74) is 21.6. The lowest BCUT2D eigenvalue weighted by molar-refractivity contribution is 0.670. The topological polar surface area (TPSA) is 18.1 Å². The van der Waals surface area contributed by atoms with Crippen LogP contribution in [0.5, 0.6) is 0 Å². The Morgan fingerprint density at radius 1 is 0.235 bits per heavy atom. The van der Waals surface area contributed by atoms with E-state index in [-0.39, 0.29) is 0 Å². The summed E-state index contributed by atoms with van der Waals surface area (Å²) in [5, 5.41) is 4.64. The molecule has 2 nitrogen and oxygen atoms in total. The Labute approximate surface area is 395 Å². The van der Waals surface area contributed by atoms with Crippen LogP contribution in [0.15, 0.2) is 265 Å².